The number of hydrogen-bond acceptors (Lipinski definition) is 6. The van der Waals surface area contributed by atoms with E-state index < -0.39 is 0 Å². The maximum absolute atomic E-state index is 12.6. The van der Waals surface area contributed by atoms with Crippen LogP contribution >= 0.6 is 0 Å². The van der Waals surface area contributed by atoms with Gasteiger partial charge in [-0.3, -0.25) is 14.2 Å². The molecule has 0 aliphatic carbocycles. The van der Waals surface area contributed by atoms with Crippen molar-refractivity contribution in [2.45, 2.75) is 19.9 Å². The smallest absolute Gasteiger partial charge is 0.261 e. The molecule has 0 N–H and O–H groups in total. The van der Waals surface area contributed by atoms with Gasteiger partial charge < -0.3 is 9.80 Å². The van der Waals surface area contributed by atoms with Crippen molar-refractivity contribution in [2.24, 2.45) is 0 Å². The third-order valence-corrected chi connectivity index (χ3v) is 5.09. The Balaban J connectivity index is 1.37. The third kappa shape index (κ3) is 3.58. The molecule has 1 fully saturated rings. The van der Waals surface area contributed by atoms with E-state index in [1.165, 1.54) is 10.9 Å². The summed E-state index contributed by atoms with van der Waals surface area (Å²) in [5.41, 5.74) is 1.58. The second kappa shape index (κ2) is 7.75. The number of carbonyl (C=O) groups is 1. The van der Waals surface area contributed by atoms with Crippen molar-refractivity contribution in [1.82, 2.24) is 24.4 Å². The van der Waals surface area contributed by atoms with Gasteiger partial charge in [-0.25, -0.2) is 15.0 Å². The molecule has 4 rings (SSSR count). The van der Waals surface area contributed by atoms with Gasteiger partial charge in [0.15, 0.2) is 0 Å². The van der Waals surface area contributed by atoms with Crippen LogP contribution in [0.4, 0.5) is 5.95 Å². The van der Waals surface area contributed by atoms with Gasteiger partial charge in [-0.15, -0.1) is 0 Å². The summed E-state index contributed by atoms with van der Waals surface area (Å²) in [6, 6.07) is 7.35. The number of hydrogen-bond donors (Lipinski definition) is 0. The molecule has 3 heterocycles. The summed E-state index contributed by atoms with van der Waals surface area (Å²) in [6.45, 7) is 4.92. The van der Waals surface area contributed by atoms with Crippen LogP contribution in [-0.4, -0.2) is 56.5 Å². The quantitative estimate of drug-likeness (QED) is 0.679. The number of benzene rings is 1. The van der Waals surface area contributed by atoms with Gasteiger partial charge in [0.25, 0.3) is 5.56 Å². The first-order valence-electron chi connectivity index (χ1n) is 9.38. The molecule has 2 aromatic heterocycles. The van der Waals surface area contributed by atoms with Crippen molar-refractivity contribution >= 4 is 22.8 Å². The number of nitrogens with zero attached hydrogens (tertiary/aromatic N) is 6. The fourth-order valence-corrected chi connectivity index (χ4v) is 3.48. The highest BCUT2D eigenvalue weighted by Gasteiger charge is 2.22. The molecule has 1 amide bonds. The first-order chi connectivity index (χ1) is 13.6. The highest BCUT2D eigenvalue weighted by molar-refractivity contribution is 5.80. The number of piperazine rings is 1. The van der Waals surface area contributed by atoms with Crippen molar-refractivity contribution in [2.75, 3.05) is 31.1 Å². The predicted octanol–water partition coefficient (Wildman–Crippen LogP) is 1.23. The summed E-state index contributed by atoms with van der Waals surface area (Å²) in [5, 5.41) is 0.589. The normalized spacial score (nSPS) is 14.5. The molecule has 8 nitrogen and oxygen atoms in total. The summed E-state index contributed by atoms with van der Waals surface area (Å²) in [4.78, 5) is 42.0. The van der Waals surface area contributed by atoms with E-state index in [0.717, 1.165) is 5.56 Å². The minimum absolute atomic E-state index is 0.0462. The maximum Gasteiger partial charge on any atom is 0.261 e. The average molecular weight is 378 g/mol. The van der Waals surface area contributed by atoms with Crippen LogP contribution in [0.2, 0.25) is 0 Å². The lowest BCUT2D eigenvalue weighted by atomic mass is 10.1. The van der Waals surface area contributed by atoms with Gasteiger partial charge in [0, 0.05) is 51.5 Å². The zero-order valence-electron chi connectivity index (χ0n) is 15.8. The maximum atomic E-state index is 12.6. The van der Waals surface area contributed by atoms with Crippen molar-refractivity contribution in [3.05, 3.63) is 58.9 Å². The van der Waals surface area contributed by atoms with Crippen LogP contribution in [0.5, 0.6) is 0 Å². The number of carbonyl (C=O) groups excluding carboxylic acids is 1. The molecule has 1 aromatic carbocycles. The molecule has 1 saturated heterocycles. The summed E-state index contributed by atoms with van der Waals surface area (Å²) in [7, 11) is 0. The van der Waals surface area contributed by atoms with Crippen molar-refractivity contribution < 1.29 is 4.79 Å². The zero-order chi connectivity index (χ0) is 19.5. The van der Waals surface area contributed by atoms with Gasteiger partial charge in [-0.1, -0.05) is 12.1 Å². The number of anilines is 1. The lowest BCUT2D eigenvalue weighted by Crippen LogP contribution is -2.49. The van der Waals surface area contributed by atoms with E-state index in [4.69, 9.17) is 0 Å². The minimum atomic E-state index is -0.104. The Bertz CT molecular complexity index is 1040. The number of aryl methyl sites for hydroxylation is 2. The lowest BCUT2D eigenvalue weighted by Gasteiger charge is -2.34. The molecule has 0 radical (unpaired) electrons. The Hall–Kier alpha value is -3.29. The number of amides is 1. The molecule has 1 aliphatic heterocycles. The largest absolute Gasteiger partial charge is 0.339 e. The SMILES string of the molecule is Cc1cccc2c(=O)n(CCC(=O)N3CCN(c4ncccn4)CC3)cnc12. The summed E-state index contributed by atoms with van der Waals surface area (Å²) < 4.78 is 1.52. The van der Waals surface area contributed by atoms with Crippen LogP contribution in [0.25, 0.3) is 10.9 Å². The van der Waals surface area contributed by atoms with Crippen molar-refractivity contribution in [1.29, 1.82) is 0 Å². The molecule has 1 aliphatic rings. The molecule has 3 aromatic rings. The second-order valence-corrected chi connectivity index (χ2v) is 6.88. The van der Waals surface area contributed by atoms with E-state index >= 15 is 0 Å². The van der Waals surface area contributed by atoms with E-state index in [0.29, 0.717) is 49.6 Å². The Morgan fingerprint density at radius 3 is 2.54 bits per heavy atom. The predicted molar refractivity (Wildman–Crippen MR) is 106 cm³/mol. The molecule has 144 valence electrons. The molecule has 8 heteroatoms. The van der Waals surface area contributed by atoms with Gasteiger partial charge in [0.05, 0.1) is 17.2 Å². The van der Waals surface area contributed by atoms with Crippen LogP contribution in [0.3, 0.4) is 0 Å². The van der Waals surface area contributed by atoms with Gasteiger partial charge in [-0.2, -0.15) is 0 Å². The highest BCUT2D eigenvalue weighted by atomic mass is 16.2. The van der Waals surface area contributed by atoms with Crippen LogP contribution in [0.15, 0.2) is 47.8 Å². The van der Waals surface area contributed by atoms with E-state index in [2.05, 4.69) is 19.9 Å². The topological polar surface area (TPSA) is 84.2 Å². The molecule has 0 spiro atoms. The Morgan fingerprint density at radius 1 is 1.04 bits per heavy atom. The number of para-hydroxylation sites is 1. The van der Waals surface area contributed by atoms with Gasteiger partial charge in [-0.05, 0) is 24.6 Å². The van der Waals surface area contributed by atoms with Crippen LogP contribution in [-0.2, 0) is 11.3 Å². The molecule has 0 atom stereocenters. The number of aromatic nitrogens is 4. The Kier molecular flexibility index (Phi) is 5.01. The highest BCUT2D eigenvalue weighted by Crippen LogP contribution is 2.12. The van der Waals surface area contributed by atoms with Crippen LogP contribution < -0.4 is 10.5 Å². The average Bonchev–Trinajstić information content (AvgIpc) is 2.74. The van der Waals surface area contributed by atoms with Crippen molar-refractivity contribution in [3.63, 3.8) is 0 Å². The van der Waals surface area contributed by atoms with E-state index in [1.807, 2.05) is 24.0 Å². The van der Waals surface area contributed by atoms with E-state index in [-0.39, 0.29) is 17.9 Å². The minimum Gasteiger partial charge on any atom is -0.339 e. The first-order valence-corrected chi connectivity index (χ1v) is 9.38. The van der Waals surface area contributed by atoms with E-state index in [9.17, 15) is 9.59 Å². The van der Waals surface area contributed by atoms with Crippen molar-refractivity contribution in [3.8, 4) is 0 Å². The number of rotatable bonds is 4. The second-order valence-electron chi connectivity index (χ2n) is 6.88. The Morgan fingerprint density at radius 2 is 1.79 bits per heavy atom. The molecule has 28 heavy (non-hydrogen) atoms. The van der Waals surface area contributed by atoms with Crippen LogP contribution in [0.1, 0.15) is 12.0 Å². The fraction of sp³-hybridized carbons (Fsp3) is 0.350. The standard InChI is InChI=1S/C20H22N6O2/c1-15-4-2-5-16-18(15)23-14-26(19(16)28)9-6-17(27)24-10-12-25(13-11-24)20-21-7-3-8-22-20/h2-5,7-8,14H,6,9-13H2,1H3. The lowest BCUT2D eigenvalue weighted by molar-refractivity contribution is -0.131. The Labute approximate surface area is 162 Å². The molecule has 0 unspecified atom stereocenters. The van der Waals surface area contributed by atoms with Gasteiger partial charge >= 0.3 is 0 Å². The van der Waals surface area contributed by atoms with Gasteiger partial charge in [0.1, 0.15) is 0 Å². The monoisotopic (exact) mass is 378 g/mol. The summed E-state index contributed by atoms with van der Waals surface area (Å²) in [6.07, 6.45) is 5.25. The third-order valence-electron chi connectivity index (χ3n) is 5.09. The van der Waals surface area contributed by atoms with E-state index in [1.54, 1.807) is 24.5 Å². The molecule has 0 bridgehead atoms. The van der Waals surface area contributed by atoms with Gasteiger partial charge in [0.2, 0.25) is 11.9 Å². The summed E-state index contributed by atoms with van der Waals surface area (Å²) in [5.74, 6) is 0.739. The number of fused-ring (bicyclic) bond motifs is 1. The molecule has 0 saturated carbocycles. The van der Waals surface area contributed by atoms with Crippen LogP contribution in [0, 0.1) is 6.92 Å². The molecular formula is C20H22N6O2. The zero-order valence-corrected chi connectivity index (χ0v) is 15.8. The summed E-state index contributed by atoms with van der Waals surface area (Å²) >= 11 is 0. The fourth-order valence-electron chi connectivity index (χ4n) is 3.48. The first kappa shape index (κ1) is 18.1. The molecular weight excluding hydrogens is 356 g/mol.